The highest BCUT2D eigenvalue weighted by molar-refractivity contribution is 5.76. The van der Waals surface area contributed by atoms with Crippen molar-refractivity contribution < 1.29 is 19.0 Å². The van der Waals surface area contributed by atoms with Crippen molar-refractivity contribution in [1.82, 2.24) is 5.32 Å². The molecule has 0 bridgehead atoms. The van der Waals surface area contributed by atoms with Crippen LogP contribution in [0.5, 0.6) is 11.5 Å². The number of fused-ring (bicyclic) bond motifs is 1. The third-order valence-corrected chi connectivity index (χ3v) is 2.81. The van der Waals surface area contributed by atoms with Crippen LogP contribution in [0.25, 0.3) is 0 Å². The molecule has 5 nitrogen and oxygen atoms in total. The van der Waals surface area contributed by atoms with Crippen LogP contribution in [0.1, 0.15) is 24.9 Å². The van der Waals surface area contributed by atoms with Crippen LogP contribution in [0.3, 0.4) is 0 Å². The lowest BCUT2D eigenvalue weighted by molar-refractivity contribution is -0.122. The zero-order valence-corrected chi connectivity index (χ0v) is 10.6. The van der Waals surface area contributed by atoms with Crippen LogP contribution >= 0.6 is 0 Å². The highest BCUT2D eigenvalue weighted by atomic mass is 16.7. The number of nitrogens with one attached hydrogen (secondary N) is 1. The number of carbonyl (C=O) groups is 1. The molecule has 0 saturated carbocycles. The van der Waals surface area contributed by atoms with E-state index in [1.165, 1.54) is 0 Å². The van der Waals surface area contributed by atoms with Crippen LogP contribution in [0.2, 0.25) is 0 Å². The van der Waals surface area contributed by atoms with E-state index < -0.39 is 0 Å². The smallest absolute Gasteiger partial charge is 0.231 e. The Kier molecular flexibility index (Phi) is 4.04. The second-order valence-corrected chi connectivity index (χ2v) is 4.14. The maximum atomic E-state index is 11.6. The van der Waals surface area contributed by atoms with Gasteiger partial charge in [0.25, 0.3) is 0 Å². The normalized spacial score (nSPS) is 14.3. The molecule has 1 amide bonds. The lowest BCUT2D eigenvalue weighted by Gasteiger charge is -2.14. The number of benzene rings is 1. The van der Waals surface area contributed by atoms with E-state index in [0.29, 0.717) is 13.0 Å². The minimum atomic E-state index is -0.0659. The molecule has 1 N–H and O–H groups in total. The molecule has 0 spiro atoms. The van der Waals surface area contributed by atoms with E-state index in [1.807, 2.05) is 25.1 Å². The van der Waals surface area contributed by atoms with Crippen molar-refractivity contribution in [2.24, 2.45) is 0 Å². The van der Waals surface area contributed by atoms with E-state index in [9.17, 15) is 4.79 Å². The van der Waals surface area contributed by atoms with Gasteiger partial charge in [-0.25, -0.2) is 0 Å². The number of rotatable bonds is 5. The van der Waals surface area contributed by atoms with Gasteiger partial charge in [0.15, 0.2) is 11.5 Å². The van der Waals surface area contributed by atoms with Crippen molar-refractivity contribution >= 4 is 5.91 Å². The Morgan fingerprint density at radius 2 is 2.22 bits per heavy atom. The summed E-state index contributed by atoms with van der Waals surface area (Å²) in [4.78, 5) is 11.6. The first-order valence-electron chi connectivity index (χ1n) is 5.88. The summed E-state index contributed by atoms with van der Waals surface area (Å²) in [5.41, 5.74) is 0.991. The molecule has 1 aromatic rings. The average molecular weight is 251 g/mol. The Morgan fingerprint density at radius 3 is 3.00 bits per heavy atom. The van der Waals surface area contributed by atoms with Crippen LogP contribution < -0.4 is 14.8 Å². The molecule has 1 aromatic carbocycles. The van der Waals surface area contributed by atoms with Gasteiger partial charge in [0.05, 0.1) is 12.6 Å². The number of hydrogen-bond acceptors (Lipinski definition) is 4. The summed E-state index contributed by atoms with van der Waals surface area (Å²) < 4.78 is 15.4. The molecule has 18 heavy (non-hydrogen) atoms. The first-order valence-corrected chi connectivity index (χ1v) is 5.88. The number of amides is 1. The minimum Gasteiger partial charge on any atom is -0.454 e. The fraction of sp³-hybridized carbons (Fsp3) is 0.462. The Hall–Kier alpha value is -1.75. The van der Waals surface area contributed by atoms with E-state index in [4.69, 9.17) is 14.2 Å². The number of carbonyl (C=O) groups excluding carboxylic acids is 1. The van der Waals surface area contributed by atoms with Gasteiger partial charge >= 0.3 is 0 Å². The van der Waals surface area contributed by atoms with Gasteiger partial charge < -0.3 is 19.5 Å². The fourth-order valence-electron chi connectivity index (χ4n) is 1.77. The predicted molar refractivity (Wildman–Crippen MR) is 65.6 cm³/mol. The van der Waals surface area contributed by atoms with Crippen LogP contribution in [0.15, 0.2) is 18.2 Å². The molecule has 1 aliphatic heterocycles. The summed E-state index contributed by atoms with van der Waals surface area (Å²) in [7, 11) is 1.58. The van der Waals surface area contributed by atoms with E-state index in [-0.39, 0.29) is 18.7 Å². The summed E-state index contributed by atoms with van der Waals surface area (Å²) in [6.45, 7) is 2.62. The molecule has 0 aliphatic carbocycles. The monoisotopic (exact) mass is 251 g/mol. The van der Waals surface area contributed by atoms with Gasteiger partial charge in [0.1, 0.15) is 0 Å². The molecule has 1 aliphatic rings. The van der Waals surface area contributed by atoms with E-state index in [2.05, 4.69) is 5.32 Å². The third kappa shape index (κ3) is 2.92. The summed E-state index contributed by atoms with van der Waals surface area (Å²) in [5.74, 6) is 1.45. The Bertz CT molecular complexity index is 433. The minimum absolute atomic E-state index is 0.0259. The number of hydrogen-bond donors (Lipinski definition) is 1. The second kappa shape index (κ2) is 5.73. The summed E-state index contributed by atoms with van der Waals surface area (Å²) in [6, 6.07) is 5.61. The third-order valence-electron chi connectivity index (χ3n) is 2.81. The number of ether oxygens (including phenoxy) is 3. The topological polar surface area (TPSA) is 56.8 Å². The summed E-state index contributed by atoms with van der Waals surface area (Å²) >= 11 is 0. The standard InChI is InChI=1S/C13H17NO4/c1-9(14-13(15)5-6-16-2)10-3-4-11-12(7-10)18-8-17-11/h3-4,7,9H,5-6,8H2,1-2H3,(H,14,15)/t9-/m0/s1. The molecule has 1 heterocycles. The molecule has 5 heteroatoms. The molecule has 2 rings (SSSR count). The predicted octanol–water partition coefficient (Wildman–Crippen LogP) is 1.63. The Morgan fingerprint density at radius 1 is 1.44 bits per heavy atom. The number of methoxy groups -OCH3 is 1. The highest BCUT2D eigenvalue weighted by Crippen LogP contribution is 2.34. The Labute approximate surface area is 106 Å². The van der Waals surface area contributed by atoms with Crippen molar-refractivity contribution in [2.45, 2.75) is 19.4 Å². The van der Waals surface area contributed by atoms with Gasteiger partial charge in [0.2, 0.25) is 12.7 Å². The zero-order chi connectivity index (χ0) is 13.0. The summed E-state index contributed by atoms with van der Waals surface area (Å²) in [6.07, 6.45) is 0.366. The first kappa shape index (κ1) is 12.7. The van der Waals surface area contributed by atoms with Gasteiger partial charge in [-0.2, -0.15) is 0 Å². The van der Waals surface area contributed by atoms with Gasteiger partial charge in [-0.15, -0.1) is 0 Å². The van der Waals surface area contributed by atoms with E-state index in [0.717, 1.165) is 17.1 Å². The van der Waals surface area contributed by atoms with Crippen molar-refractivity contribution in [3.05, 3.63) is 23.8 Å². The molecule has 0 unspecified atom stereocenters. The van der Waals surface area contributed by atoms with Crippen LogP contribution in [-0.4, -0.2) is 26.4 Å². The molecule has 0 aromatic heterocycles. The van der Waals surface area contributed by atoms with Crippen molar-refractivity contribution in [3.63, 3.8) is 0 Å². The van der Waals surface area contributed by atoms with Crippen molar-refractivity contribution in [1.29, 1.82) is 0 Å². The quantitative estimate of drug-likeness (QED) is 0.864. The molecular weight excluding hydrogens is 234 g/mol. The fourth-order valence-corrected chi connectivity index (χ4v) is 1.77. The van der Waals surface area contributed by atoms with Crippen LogP contribution in [0, 0.1) is 0 Å². The van der Waals surface area contributed by atoms with Gasteiger partial charge in [-0.05, 0) is 24.6 Å². The van der Waals surface area contributed by atoms with E-state index >= 15 is 0 Å². The zero-order valence-electron chi connectivity index (χ0n) is 10.6. The lowest BCUT2D eigenvalue weighted by atomic mass is 10.1. The van der Waals surface area contributed by atoms with Gasteiger partial charge in [-0.1, -0.05) is 6.07 Å². The van der Waals surface area contributed by atoms with Crippen molar-refractivity contribution in [3.8, 4) is 11.5 Å². The molecule has 98 valence electrons. The van der Waals surface area contributed by atoms with Gasteiger partial charge in [-0.3, -0.25) is 4.79 Å². The average Bonchev–Trinajstić information content (AvgIpc) is 2.83. The molecule has 0 saturated heterocycles. The molecule has 0 radical (unpaired) electrons. The van der Waals surface area contributed by atoms with Crippen LogP contribution in [0.4, 0.5) is 0 Å². The maximum absolute atomic E-state index is 11.6. The molecule has 1 atom stereocenters. The van der Waals surface area contributed by atoms with Crippen LogP contribution in [-0.2, 0) is 9.53 Å². The molecular formula is C13H17NO4. The summed E-state index contributed by atoms with van der Waals surface area (Å²) in [5, 5.41) is 2.91. The first-order chi connectivity index (χ1) is 8.70. The Balaban J connectivity index is 1.96. The lowest BCUT2D eigenvalue weighted by Crippen LogP contribution is -2.27. The highest BCUT2D eigenvalue weighted by Gasteiger charge is 2.16. The van der Waals surface area contributed by atoms with Gasteiger partial charge in [0, 0.05) is 13.5 Å². The largest absolute Gasteiger partial charge is 0.454 e. The van der Waals surface area contributed by atoms with Crippen molar-refractivity contribution in [2.75, 3.05) is 20.5 Å². The SMILES string of the molecule is COCCC(=O)N[C@@H](C)c1ccc2c(c1)OCO2. The molecule has 0 fully saturated rings. The van der Waals surface area contributed by atoms with E-state index in [1.54, 1.807) is 7.11 Å². The maximum Gasteiger partial charge on any atom is 0.231 e. The second-order valence-electron chi connectivity index (χ2n) is 4.14.